The lowest BCUT2D eigenvalue weighted by Crippen LogP contribution is -2.50. The molecule has 0 spiro atoms. The minimum absolute atomic E-state index is 0.0937. The third-order valence-corrected chi connectivity index (χ3v) is 5.30. The molecule has 1 aromatic carbocycles. The number of carbonyl (C=O) groups excluding carboxylic acids is 1. The van der Waals surface area contributed by atoms with Gasteiger partial charge in [-0.15, -0.1) is 0 Å². The topological polar surface area (TPSA) is 71.6 Å². The number of amides is 1. The highest BCUT2D eigenvalue weighted by atomic mass is 35.5. The molecule has 1 aliphatic heterocycles. The van der Waals surface area contributed by atoms with E-state index in [0.717, 1.165) is 11.3 Å². The maximum atomic E-state index is 12.7. The lowest BCUT2D eigenvalue weighted by atomic mass is 10.1. The average molecular weight is 413 g/mol. The van der Waals surface area contributed by atoms with Crippen molar-refractivity contribution in [3.8, 4) is 11.5 Å². The summed E-state index contributed by atoms with van der Waals surface area (Å²) < 4.78 is 6.51. The largest absolute Gasteiger partial charge is 0.463 e. The molecule has 0 unspecified atom stereocenters. The van der Waals surface area contributed by atoms with E-state index < -0.39 is 0 Å². The SMILES string of the molecule is Cc1ccc(Cl)cc1N1CCN(C(=O)Cn2nc(-c3ccco3)ccc2=O)CC1. The Hall–Kier alpha value is -3.06. The number of hydrogen-bond donors (Lipinski definition) is 0. The van der Waals surface area contributed by atoms with Crippen LogP contribution >= 0.6 is 11.6 Å². The van der Waals surface area contributed by atoms with Crippen LogP contribution in [0.3, 0.4) is 0 Å². The van der Waals surface area contributed by atoms with E-state index in [1.165, 1.54) is 10.7 Å². The molecule has 0 aliphatic carbocycles. The first kappa shape index (κ1) is 19.3. The Kier molecular flexibility index (Phi) is 5.40. The second-order valence-corrected chi connectivity index (χ2v) is 7.43. The minimum Gasteiger partial charge on any atom is -0.463 e. The summed E-state index contributed by atoms with van der Waals surface area (Å²) in [7, 11) is 0. The van der Waals surface area contributed by atoms with E-state index in [-0.39, 0.29) is 18.0 Å². The van der Waals surface area contributed by atoms with Gasteiger partial charge in [0.05, 0.1) is 6.26 Å². The van der Waals surface area contributed by atoms with Crippen LogP contribution in [0.25, 0.3) is 11.5 Å². The summed E-state index contributed by atoms with van der Waals surface area (Å²) in [4.78, 5) is 28.9. The maximum Gasteiger partial charge on any atom is 0.267 e. The average Bonchev–Trinajstić information content (AvgIpc) is 3.26. The van der Waals surface area contributed by atoms with Gasteiger partial charge in [-0.2, -0.15) is 5.10 Å². The first-order valence-electron chi connectivity index (χ1n) is 9.42. The van der Waals surface area contributed by atoms with Gasteiger partial charge in [0.2, 0.25) is 5.91 Å². The first-order chi connectivity index (χ1) is 14.0. The van der Waals surface area contributed by atoms with Crippen LogP contribution in [0.2, 0.25) is 5.02 Å². The van der Waals surface area contributed by atoms with Gasteiger partial charge >= 0.3 is 0 Å². The number of aromatic nitrogens is 2. The first-order valence-corrected chi connectivity index (χ1v) is 9.80. The summed E-state index contributed by atoms with van der Waals surface area (Å²) in [5, 5.41) is 4.97. The number of aryl methyl sites for hydroxylation is 1. The molecule has 1 aliphatic rings. The van der Waals surface area contributed by atoms with Gasteiger partial charge in [0.1, 0.15) is 12.2 Å². The van der Waals surface area contributed by atoms with Crippen molar-refractivity contribution in [2.75, 3.05) is 31.1 Å². The van der Waals surface area contributed by atoms with Gasteiger partial charge in [-0.3, -0.25) is 9.59 Å². The molecule has 1 saturated heterocycles. The highest BCUT2D eigenvalue weighted by molar-refractivity contribution is 6.30. The molecule has 150 valence electrons. The molecule has 3 heterocycles. The lowest BCUT2D eigenvalue weighted by Gasteiger charge is -2.37. The Morgan fingerprint density at radius 3 is 2.66 bits per heavy atom. The quantitative estimate of drug-likeness (QED) is 0.659. The van der Waals surface area contributed by atoms with E-state index in [0.29, 0.717) is 42.7 Å². The molecular formula is C21H21ClN4O3. The van der Waals surface area contributed by atoms with Crippen molar-refractivity contribution >= 4 is 23.2 Å². The van der Waals surface area contributed by atoms with Crippen LogP contribution in [0, 0.1) is 6.92 Å². The van der Waals surface area contributed by atoms with Crippen LogP contribution in [0.1, 0.15) is 5.56 Å². The van der Waals surface area contributed by atoms with Crippen LogP contribution in [0.5, 0.6) is 0 Å². The van der Waals surface area contributed by atoms with Crippen molar-refractivity contribution in [3.05, 3.63) is 69.7 Å². The summed E-state index contributed by atoms with van der Waals surface area (Å²) in [6, 6.07) is 12.3. The molecule has 1 fully saturated rings. The van der Waals surface area contributed by atoms with Gasteiger partial charge in [-0.1, -0.05) is 17.7 Å². The number of halogens is 1. The Morgan fingerprint density at radius 2 is 1.93 bits per heavy atom. The standard InChI is InChI=1S/C21H21ClN4O3/c1-15-4-5-16(22)13-18(15)24-8-10-25(11-9-24)21(28)14-26-20(27)7-6-17(23-26)19-3-2-12-29-19/h2-7,12-13H,8-11,14H2,1H3. The van der Waals surface area contributed by atoms with E-state index in [1.54, 1.807) is 29.4 Å². The van der Waals surface area contributed by atoms with E-state index in [2.05, 4.69) is 10.00 Å². The number of furan rings is 1. The minimum atomic E-state index is -0.318. The number of hydrogen-bond acceptors (Lipinski definition) is 5. The third kappa shape index (κ3) is 4.19. The molecule has 4 rings (SSSR count). The second kappa shape index (κ2) is 8.13. The zero-order valence-electron chi connectivity index (χ0n) is 16.0. The lowest BCUT2D eigenvalue weighted by molar-refractivity contribution is -0.132. The smallest absolute Gasteiger partial charge is 0.267 e. The number of nitrogens with zero attached hydrogens (tertiary/aromatic N) is 4. The van der Waals surface area contributed by atoms with Crippen molar-refractivity contribution in [2.24, 2.45) is 0 Å². The predicted octanol–water partition coefficient (Wildman–Crippen LogP) is 2.81. The Morgan fingerprint density at radius 1 is 1.14 bits per heavy atom. The fourth-order valence-electron chi connectivity index (χ4n) is 3.47. The Bertz CT molecular complexity index is 1070. The van der Waals surface area contributed by atoms with Crippen LogP contribution < -0.4 is 10.5 Å². The van der Waals surface area contributed by atoms with Crippen molar-refractivity contribution in [1.82, 2.24) is 14.7 Å². The maximum absolute atomic E-state index is 12.7. The number of piperazine rings is 1. The number of carbonyl (C=O) groups is 1. The second-order valence-electron chi connectivity index (χ2n) is 6.99. The summed E-state index contributed by atoms with van der Waals surface area (Å²) in [6.07, 6.45) is 1.54. The van der Waals surface area contributed by atoms with Crippen molar-refractivity contribution in [1.29, 1.82) is 0 Å². The summed E-state index contributed by atoms with van der Waals surface area (Å²) in [5.41, 5.74) is 2.44. The molecule has 2 aromatic heterocycles. The summed E-state index contributed by atoms with van der Waals surface area (Å²) in [5.74, 6) is 0.426. The molecule has 7 nitrogen and oxygen atoms in total. The van der Waals surface area contributed by atoms with E-state index in [1.807, 2.05) is 25.1 Å². The normalized spacial score (nSPS) is 14.3. The van der Waals surface area contributed by atoms with Crippen molar-refractivity contribution in [2.45, 2.75) is 13.5 Å². The van der Waals surface area contributed by atoms with Gasteiger partial charge in [0.15, 0.2) is 5.76 Å². The third-order valence-electron chi connectivity index (χ3n) is 5.07. The van der Waals surface area contributed by atoms with Crippen molar-refractivity contribution in [3.63, 3.8) is 0 Å². The monoisotopic (exact) mass is 412 g/mol. The zero-order valence-corrected chi connectivity index (χ0v) is 16.8. The zero-order chi connectivity index (χ0) is 20.4. The van der Waals surface area contributed by atoms with Gasteiger partial charge in [0, 0.05) is 43.0 Å². The molecular weight excluding hydrogens is 392 g/mol. The van der Waals surface area contributed by atoms with E-state index >= 15 is 0 Å². The van der Waals surface area contributed by atoms with Crippen LogP contribution in [0.4, 0.5) is 5.69 Å². The molecule has 0 bridgehead atoms. The van der Waals surface area contributed by atoms with Crippen molar-refractivity contribution < 1.29 is 9.21 Å². The van der Waals surface area contributed by atoms with Crippen LogP contribution in [-0.2, 0) is 11.3 Å². The van der Waals surface area contributed by atoms with Gasteiger partial charge in [0.25, 0.3) is 5.56 Å². The molecule has 1 amide bonds. The molecule has 0 N–H and O–H groups in total. The van der Waals surface area contributed by atoms with Crippen LogP contribution in [0.15, 0.2) is 57.9 Å². The molecule has 29 heavy (non-hydrogen) atoms. The van der Waals surface area contributed by atoms with E-state index in [4.69, 9.17) is 16.0 Å². The summed E-state index contributed by atoms with van der Waals surface area (Å²) >= 11 is 6.13. The summed E-state index contributed by atoms with van der Waals surface area (Å²) in [6.45, 7) is 4.54. The predicted molar refractivity (Wildman–Crippen MR) is 111 cm³/mol. The number of benzene rings is 1. The van der Waals surface area contributed by atoms with Crippen LogP contribution in [-0.4, -0.2) is 46.8 Å². The Labute approximate surface area is 173 Å². The molecule has 0 atom stereocenters. The molecule has 8 heteroatoms. The highest BCUT2D eigenvalue weighted by Gasteiger charge is 2.23. The number of anilines is 1. The van der Waals surface area contributed by atoms with E-state index in [9.17, 15) is 9.59 Å². The Balaban J connectivity index is 1.42. The number of rotatable bonds is 4. The molecule has 3 aromatic rings. The van der Waals surface area contributed by atoms with Gasteiger partial charge < -0.3 is 14.2 Å². The van der Waals surface area contributed by atoms with Gasteiger partial charge in [-0.25, -0.2) is 4.68 Å². The fourth-order valence-corrected chi connectivity index (χ4v) is 3.63. The van der Waals surface area contributed by atoms with Gasteiger partial charge in [-0.05, 0) is 42.8 Å². The molecule has 0 saturated carbocycles. The fraction of sp³-hybridized carbons (Fsp3) is 0.286. The molecule has 0 radical (unpaired) electrons. The highest BCUT2D eigenvalue weighted by Crippen LogP contribution is 2.25.